The van der Waals surface area contributed by atoms with Gasteiger partial charge < -0.3 is 5.73 Å². The van der Waals surface area contributed by atoms with E-state index in [-0.39, 0.29) is 24.1 Å². The molecule has 0 aromatic carbocycles. The molecule has 0 aliphatic carbocycles. The molecule has 1 unspecified atom stereocenters. The Labute approximate surface area is 87.8 Å². The van der Waals surface area contributed by atoms with Crippen molar-refractivity contribution >= 4 is 29.5 Å². The minimum absolute atomic E-state index is 0. The highest BCUT2D eigenvalue weighted by Crippen LogP contribution is 2.10. The Balaban J connectivity index is 0.00000144. The first-order valence-corrected chi connectivity index (χ1v) is 4.70. The minimum Gasteiger partial charge on any atom is -0.321 e. The summed E-state index contributed by atoms with van der Waals surface area (Å²) >= 11 is 1.34. The maximum atomic E-state index is 11.5. The predicted molar refractivity (Wildman–Crippen MR) is 56.5 cm³/mol. The molecule has 1 rings (SSSR count). The molecule has 5 heteroatoms. The summed E-state index contributed by atoms with van der Waals surface area (Å²) in [6.45, 7) is 3.85. The van der Waals surface area contributed by atoms with E-state index < -0.39 is 6.04 Å². The smallest absolute Gasteiger partial charge is 0.208 e. The van der Waals surface area contributed by atoms with Crippen LogP contribution in [-0.4, -0.2) is 16.8 Å². The fourth-order valence-electron chi connectivity index (χ4n) is 0.790. The first-order chi connectivity index (χ1) is 5.63. The number of hydrogen-bond acceptors (Lipinski definition) is 4. The van der Waals surface area contributed by atoms with Crippen LogP contribution in [0.25, 0.3) is 0 Å². The molecule has 1 aromatic rings. The van der Waals surface area contributed by atoms with Crippen molar-refractivity contribution in [3.05, 3.63) is 16.6 Å². The Morgan fingerprint density at radius 3 is 2.62 bits per heavy atom. The van der Waals surface area contributed by atoms with Crippen LogP contribution in [0.5, 0.6) is 0 Å². The number of aromatic nitrogens is 1. The lowest BCUT2D eigenvalue weighted by atomic mass is 10.0. The molecular weight excluding hydrogens is 208 g/mol. The molecular formula is C8H13ClN2OS. The third-order valence-corrected chi connectivity index (χ3v) is 2.45. The summed E-state index contributed by atoms with van der Waals surface area (Å²) in [5.74, 6) is 0.112. The molecule has 0 amide bonds. The second kappa shape index (κ2) is 5.32. The molecule has 0 saturated carbocycles. The van der Waals surface area contributed by atoms with Crippen molar-refractivity contribution in [1.82, 2.24) is 4.98 Å². The molecule has 1 aromatic heterocycles. The van der Waals surface area contributed by atoms with E-state index in [1.807, 2.05) is 13.8 Å². The summed E-state index contributed by atoms with van der Waals surface area (Å²) < 4.78 is 0. The van der Waals surface area contributed by atoms with E-state index in [9.17, 15) is 4.79 Å². The lowest BCUT2D eigenvalue weighted by molar-refractivity contribution is 0.0940. The molecule has 0 saturated heterocycles. The van der Waals surface area contributed by atoms with Crippen LogP contribution >= 0.6 is 23.7 Å². The molecule has 0 fully saturated rings. The predicted octanol–water partition coefficient (Wildman–Crippen LogP) is 1.73. The average Bonchev–Trinajstić information content (AvgIpc) is 2.53. The number of carbonyl (C=O) groups is 1. The SMILES string of the molecule is CC(C)C(N)C(=O)c1nccs1.Cl. The summed E-state index contributed by atoms with van der Waals surface area (Å²) in [6, 6.07) is -0.420. The summed E-state index contributed by atoms with van der Waals surface area (Å²) in [6.07, 6.45) is 1.62. The topological polar surface area (TPSA) is 56.0 Å². The molecule has 1 heterocycles. The Hall–Kier alpha value is -0.450. The first kappa shape index (κ1) is 12.6. The fourth-order valence-corrected chi connectivity index (χ4v) is 1.42. The molecule has 3 nitrogen and oxygen atoms in total. The molecule has 0 spiro atoms. The largest absolute Gasteiger partial charge is 0.321 e. The van der Waals surface area contributed by atoms with Crippen molar-refractivity contribution in [2.24, 2.45) is 11.7 Å². The third-order valence-electron chi connectivity index (χ3n) is 1.66. The highest BCUT2D eigenvalue weighted by Gasteiger charge is 2.20. The number of halogens is 1. The molecule has 0 bridgehead atoms. The van der Waals surface area contributed by atoms with Gasteiger partial charge in [0, 0.05) is 11.6 Å². The number of carbonyl (C=O) groups excluding carboxylic acids is 1. The van der Waals surface area contributed by atoms with E-state index in [1.54, 1.807) is 11.6 Å². The zero-order chi connectivity index (χ0) is 9.14. The summed E-state index contributed by atoms with van der Waals surface area (Å²) in [7, 11) is 0. The minimum atomic E-state index is -0.420. The van der Waals surface area contributed by atoms with E-state index in [2.05, 4.69) is 4.98 Å². The van der Waals surface area contributed by atoms with Gasteiger partial charge in [-0.3, -0.25) is 4.79 Å². The van der Waals surface area contributed by atoms with Crippen LogP contribution in [0.1, 0.15) is 23.6 Å². The number of rotatable bonds is 3. The number of nitrogens with two attached hydrogens (primary N) is 1. The van der Waals surface area contributed by atoms with Gasteiger partial charge in [0.25, 0.3) is 0 Å². The number of hydrogen-bond donors (Lipinski definition) is 1. The van der Waals surface area contributed by atoms with Gasteiger partial charge in [-0.15, -0.1) is 23.7 Å². The second-order valence-electron chi connectivity index (χ2n) is 2.97. The Morgan fingerprint density at radius 1 is 1.62 bits per heavy atom. The maximum absolute atomic E-state index is 11.5. The summed E-state index contributed by atoms with van der Waals surface area (Å²) in [4.78, 5) is 15.4. The van der Waals surface area contributed by atoms with Crippen LogP contribution in [0, 0.1) is 5.92 Å². The van der Waals surface area contributed by atoms with E-state index in [0.29, 0.717) is 5.01 Å². The fraction of sp³-hybridized carbons (Fsp3) is 0.500. The zero-order valence-electron chi connectivity index (χ0n) is 7.56. The van der Waals surface area contributed by atoms with Crippen molar-refractivity contribution in [2.75, 3.05) is 0 Å². The zero-order valence-corrected chi connectivity index (χ0v) is 9.19. The number of Topliss-reactive ketones (excluding diaryl/α,β-unsaturated/α-hetero) is 1. The van der Waals surface area contributed by atoms with Crippen LogP contribution in [-0.2, 0) is 0 Å². The first-order valence-electron chi connectivity index (χ1n) is 3.82. The molecule has 0 aliphatic rings. The molecule has 74 valence electrons. The van der Waals surface area contributed by atoms with Gasteiger partial charge in [0.15, 0.2) is 5.01 Å². The molecule has 0 radical (unpaired) electrons. The quantitative estimate of drug-likeness (QED) is 0.790. The van der Waals surface area contributed by atoms with E-state index in [4.69, 9.17) is 5.73 Å². The van der Waals surface area contributed by atoms with Gasteiger partial charge in [-0.2, -0.15) is 0 Å². The van der Waals surface area contributed by atoms with Crippen LogP contribution in [0.4, 0.5) is 0 Å². The number of nitrogens with zero attached hydrogens (tertiary/aromatic N) is 1. The highest BCUT2D eigenvalue weighted by molar-refractivity contribution is 7.11. The van der Waals surface area contributed by atoms with Gasteiger partial charge in [0.2, 0.25) is 5.78 Å². The Bertz CT molecular complexity index is 261. The third kappa shape index (κ3) is 3.06. The van der Waals surface area contributed by atoms with E-state index >= 15 is 0 Å². The van der Waals surface area contributed by atoms with Crippen LogP contribution in [0.2, 0.25) is 0 Å². The second-order valence-corrected chi connectivity index (χ2v) is 3.87. The van der Waals surface area contributed by atoms with Crippen LogP contribution < -0.4 is 5.73 Å². The van der Waals surface area contributed by atoms with Gasteiger partial charge in [-0.05, 0) is 5.92 Å². The van der Waals surface area contributed by atoms with Gasteiger partial charge in [-0.25, -0.2) is 4.98 Å². The molecule has 0 aliphatic heterocycles. The van der Waals surface area contributed by atoms with Crippen molar-refractivity contribution < 1.29 is 4.79 Å². The highest BCUT2D eigenvalue weighted by atomic mass is 35.5. The molecule has 2 N–H and O–H groups in total. The van der Waals surface area contributed by atoms with Gasteiger partial charge in [-0.1, -0.05) is 13.8 Å². The van der Waals surface area contributed by atoms with Crippen molar-refractivity contribution in [1.29, 1.82) is 0 Å². The summed E-state index contributed by atoms with van der Waals surface area (Å²) in [5.41, 5.74) is 5.67. The van der Waals surface area contributed by atoms with E-state index in [1.165, 1.54) is 11.3 Å². The number of thiazole rings is 1. The van der Waals surface area contributed by atoms with Crippen LogP contribution in [0.3, 0.4) is 0 Å². The van der Waals surface area contributed by atoms with E-state index in [0.717, 1.165) is 0 Å². The van der Waals surface area contributed by atoms with Gasteiger partial charge in [0.1, 0.15) is 0 Å². The maximum Gasteiger partial charge on any atom is 0.208 e. The van der Waals surface area contributed by atoms with Gasteiger partial charge in [0.05, 0.1) is 6.04 Å². The van der Waals surface area contributed by atoms with Crippen molar-refractivity contribution in [2.45, 2.75) is 19.9 Å². The molecule has 13 heavy (non-hydrogen) atoms. The normalized spacial score (nSPS) is 12.3. The van der Waals surface area contributed by atoms with Crippen LogP contribution in [0.15, 0.2) is 11.6 Å². The monoisotopic (exact) mass is 220 g/mol. The Morgan fingerprint density at radius 2 is 2.23 bits per heavy atom. The molecule has 1 atom stereocenters. The lowest BCUT2D eigenvalue weighted by Gasteiger charge is -2.11. The van der Waals surface area contributed by atoms with Crippen molar-refractivity contribution in [3.8, 4) is 0 Å². The Kier molecular flexibility index (Phi) is 5.13. The number of ketones is 1. The average molecular weight is 221 g/mol. The summed E-state index contributed by atoms with van der Waals surface area (Å²) in [5, 5.41) is 2.29. The van der Waals surface area contributed by atoms with Crippen molar-refractivity contribution in [3.63, 3.8) is 0 Å². The lowest BCUT2D eigenvalue weighted by Crippen LogP contribution is -2.35. The van der Waals surface area contributed by atoms with Gasteiger partial charge >= 0.3 is 0 Å². The standard InChI is InChI=1S/C8H12N2OS.ClH/c1-5(2)6(9)7(11)8-10-3-4-12-8;/h3-6H,9H2,1-2H3;1H.